The molecule has 106 valence electrons. The van der Waals surface area contributed by atoms with E-state index in [4.69, 9.17) is 5.11 Å². The quantitative estimate of drug-likeness (QED) is 0.653. The summed E-state index contributed by atoms with van der Waals surface area (Å²) in [5.41, 5.74) is 2.86. The second kappa shape index (κ2) is 7.11. The predicted molar refractivity (Wildman–Crippen MR) is 75.4 cm³/mol. The number of aliphatic hydroxyl groups excluding tert-OH is 2. The summed E-state index contributed by atoms with van der Waals surface area (Å²) in [4.78, 5) is 11.7. The smallest absolute Gasteiger partial charge is 0.319 e. The third-order valence-corrected chi connectivity index (χ3v) is 2.87. The number of hydrogen-bond donors (Lipinski definition) is 4. The third-order valence-electron chi connectivity index (χ3n) is 2.87. The molecule has 0 aliphatic rings. The Hall–Kier alpha value is -1.59. The van der Waals surface area contributed by atoms with Crippen LogP contribution in [0.1, 0.15) is 30.9 Å². The van der Waals surface area contributed by atoms with Crippen molar-refractivity contribution in [1.82, 2.24) is 5.32 Å². The van der Waals surface area contributed by atoms with Crippen molar-refractivity contribution in [2.45, 2.75) is 32.8 Å². The molecule has 1 aromatic rings. The summed E-state index contributed by atoms with van der Waals surface area (Å²) in [6.07, 6.45) is -0.938. The lowest BCUT2D eigenvalue weighted by Gasteiger charge is -2.17. The van der Waals surface area contributed by atoms with Crippen LogP contribution in [0.15, 0.2) is 18.2 Å². The number of aliphatic hydroxyl groups is 2. The lowest BCUT2D eigenvalue weighted by atomic mass is 9.98. The van der Waals surface area contributed by atoms with Crippen LogP contribution in [0.25, 0.3) is 0 Å². The van der Waals surface area contributed by atoms with Crippen LogP contribution in [-0.4, -0.2) is 35.5 Å². The van der Waals surface area contributed by atoms with E-state index in [2.05, 4.69) is 24.5 Å². The van der Waals surface area contributed by atoms with Gasteiger partial charge in [-0.25, -0.2) is 4.79 Å². The molecular weight excluding hydrogens is 244 g/mol. The van der Waals surface area contributed by atoms with Crippen molar-refractivity contribution in [1.29, 1.82) is 0 Å². The Labute approximate surface area is 113 Å². The number of urea groups is 1. The van der Waals surface area contributed by atoms with Gasteiger partial charge in [0.2, 0.25) is 0 Å². The first-order valence-corrected chi connectivity index (χ1v) is 6.39. The van der Waals surface area contributed by atoms with Crippen LogP contribution in [-0.2, 0) is 0 Å². The fourth-order valence-corrected chi connectivity index (χ4v) is 1.78. The minimum absolute atomic E-state index is 0.0191. The highest BCUT2D eigenvalue weighted by Gasteiger charge is 2.12. The maximum Gasteiger partial charge on any atom is 0.319 e. The number of hydrogen-bond acceptors (Lipinski definition) is 3. The molecule has 5 nitrogen and oxygen atoms in total. The summed E-state index contributed by atoms with van der Waals surface area (Å²) in [6.45, 7) is 5.71. The summed E-state index contributed by atoms with van der Waals surface area (Å²) < 4.78 is 0. The number of rotatable bonds is 5. The summed E-state index contributed by atoms with van der Waals surface area (Å²) >= 11 is 0. The Morgan fingerprint density at radius 1 is 1.37 bits per heavy atom. The Balaban J connectivity index is 2.73. The molecule has 1 atom stereocenters. The maximum absolute atomic E-state index is 11.7. The number of anilines is 1. The van der Waals surface area contributed by atoms with Crippen LogP contribution < -0.4 is 10.6 Å². The highest BCUT2D eigenvalue weighted by Crippen LogP contribution is 2.27. The number of carbonyl (C=O) groups is 1. The molecule has 0 fully saturated rings. The topological polar surface area (TPSA) is 81.6 Å². The predicted octanol–water partition coefficient (Wildman–Crippen LogP) is 1.59. The monoisotopic (exact) mass is 266 g/mol. The first-order valence-electron chi connectivity index (χ1n) is 6.39. The van der Waals surface area contributed by atoms with E-state index in [9.17, 15) is 9.90 Å². The number of para-hydroxylation sites is 1. The van der Waals surface area contributed by atoms with Crippen molar-refractivity contribution in [2.24, 2.45) is 0 Å². The molecule has 0 aromatic heterocycles. The van der Waals surface area contributed by atoms with E-state index in [1.165, 1.54) is 0 Å². The van der Waals surface area contributed by atoms with Crippen molar-refractivity contribution in [3.8, 4) is 0 Å². The van der Waals surface area contributed by atoms with Gasteiger partial charge in [-0.3, -0.25) is 0 Å². The molecule has 5 heteroatoms. The van der Waals surface area contributed by atoms with Crippen molar-refractivity contribution in [2.75, 3.05) is 18.5 Å². The Morgan fingerprint density at radius 2 is 2.05 bits per heavy atom. The zero-order chi connectivity index (χ0) is 14.4. The third kappa shape index (κ3) is 4.54. The number of carbonyl (C=O) groups excluding carboxylic acids is 1. The van der Waals surface area contributed by atoms with Gasteiger partial charge in [-0.2, -0.15) is 0 Å². The number of amides is 2. The van der Waals surface area contributed by atoms with Gasteiger partial charge in [0.05, 0.1) is 12.7 Å². The number of nitrogens with one attached hydrogen (secondary N) is 2. The van der Waals surface area contributed by atoms with E-state index < -0.39 is 6.10 Å². The second-order valence-electron chi connectivity index (χ2n) is 4.87. The zero-order valence-corrected chi connectivity index (χ0v) is 11.6. The van der Waals surface area contributed by atoms with E-state index in [1.807, 2.05) is 25.1 Å². The summed E-state index contributed by atoms with van der Waals surface area (Å²) in [5.74, 6) is 0.304. The molecule has 1 aromatic carbocycles. The summed E-state index contributed by atoms with van der Waals surface area (Å²) in [6, 6.07) is 5.49. The summed E-state index contributed by atoms with van der Waals surface area (Å²) in [7, 11) is 0. The molecule has 2 amide bonds. The fourth-order valence-electron chi connectivity index (χ4n) is 1.78. The first kappa shape index (κ1) is 15.5. The van der Waals surface area contributed by atoms with Crippen LogP contribution >= 0.6 is 0 Å². The molecule has 1 unspecified atom stereocenters. The average Bonchev–Trinajstić information content (AvgIpc) is 2.38. The summed E-state index contributed by atoms with van der Waals surface area (Å²) in [5, 5.41) is 23.2. The van der Waals surface area contributed by atoms with Gasteiger partial charge in [0, 0.05) is 12.2 Å². The molecule has 19 heavy (non-hydrogen) atoms. The molecule has 4 N–H and O–H groups in total. The SMILES string of the molecule is Cc1cccc(C(C)C)c1NC(=O)NCC(O)CO. The van der Waals surface area contributed by atoms with Crippen LogP contribution in [0, 0.1) is 6.92 Å². The first-order chi connectivity index (χ1) is 8.95. The van der Waals surface area contributed by atoms with Crippen molar-refractivity contribution in [3.05, 3.63) is 29.3 Å². The molecule has 1 rings (SSSR count). The van der Waals surface area contributed by atoms with E-state index in [1.54, 1.807) is 0 Å². The van der Waals surface area contributed by atoms with Crippen LogP contribution in [0.5, 0.6) is 0 Å². The fraction of sp³-hybridized carbons (Fsp3) is 0.500. The highest BCUT2D eigenvalue weighted by atomic mass is 16.3. The van der Waals surface area contributed by atoms with E-state index in [-0.39, 0.29) is 19.2 Å². The van der Waals surface area contributed by atoms with Gasteiger partial charge in [0.25, 0.3) is 0 Å². The molecule has 0 spiro atoms. The van der Waals surface area contributed by atoms with Crippen LogP contribution in [0.4, 0.5) is 10.5 Å². The Morgan fingerprint density at radius 3 is 2.63 bits per heavy atom. The zero-order valence-electron chi connectivity index (χ0n) is 11.6. The number of benzene rings is 1. The maximum atomic E-state index is 11.7. The molecule has 0 aliphatic carbocycles. The molecule has 0 heterocycles. The van der Waals surface area contributed by atoms with Gasteiger partial charge in [0.15, 0.2) is 0 Å². The Bertz CT molecular complexity index is 433. The minimum Gasteiger partial charge on any atom is -0.394 e. The highest BCUT2D eigenvalue weighted by molar-refractivity contribution is 5.91. The second-order valence-corrected chi connectivity index (χ2v) is 4.87. The number of aryl methyl sites for hydroxylation is 1. The van der Waals surface area contributed by atoms with Gasteiger partial charge in [-0.1, -0.05) is 32.0 Å². The minimum atomic E-state index is -0.938. The molecule has 0 radical (unpaired) electrons. The van der Waals surface area contributed by atoms with E-state index in [0.29, 0.717) is 5.92 Å². The van der Waals surface area contributed by atoms with Crippen LogP contribution in [0.2, 0.25) is 0 Å². The molecule has 0 bridgehead atoms. The molecule has 0 saturated heterocycles. The average molecular weight is 266 g/mol. The lowest BCUT2D eigenvalue weighted by molar-refractivity contribution is 0.0965. The molecular formula is C14H22N2O3. The lowest BCUT2D eigenvalue weighted by Crippen LogP contribution is -2.37. The van der Waals surface area contributed by atoms with Crippen molar-refractivity contribution < 1.29 is 15.0 Å². The van der Waals surface area contributed by atoms with Crippen molar-refractivity contribution >= 4 is 11.7 Å². The Kier molecular flexibility index (Phi) is 5.79. The van der Waals surface area contributed by atoms with Gasteiger partial charge in [0.1, 0.15) is 0 Å². The van der Waals surface area contributed by atoms with Crippen LogP contribution in [0.3, 0.4) is 0 Å². The van der Waals surface area contributed by atoms with Gasteiger partial charge in [-0.05, 0) is 24.0 Å². The normalized spacial score (nSPS) is 12.3. The molecule has 0 saturated carbocycles. The largest absolute Gasteiger partial charge is 0.394 e. The standard InChI is InChI=1S/C14H22N2O3/c1-9(2)12-6-4-5-10(3)13(12)16-14(19)15-7-11(18)8-17/h4-6,9,11,17-18H,7-8H2,1-3H3,(H2,15,16,19). The van der Waals surface area contributed by atoms with Crippen molar-refractivity contribution in [3.63, 3.8) is 0 Å². The van der Waals surface area contributed by atoms with E-state index in [0.717, 1.165) is 16.8 Å². The molecule has 0 aliphatic heterocycles. The van der Waals surface area contributed by atoms with Gasteiger partial charge in [-0.15, -0.1) is 0 Å². The van der Waals surface area contributed by atoms with E-state index >= 15 is 0 Å². The van der Waals surface area contributed by atoms with Gasteiger partial charge >= 0.3 is 6.03 Å². The van der Waals surface area contributed by atoms with Gasteiger partial charge < -0.3 is 20.8 Å².